The Bertz CT molecular complexity index is 128. The molecule has 15 heavy (non-hydrogen) atoms. The van der Waals surface area contributed by atoms with Crippen molar-refractivity contribution in [3.8, 4) is 0 Å². The van der Waals surface area contributed by atoms with E-state index in [0.29, 0.717) is 0 Å². The normalized spacial score (nSPS) is 26.0. The largest absolute Gasteiger partial charge is 0.316 e. The molecule has 1 nitrogen and oxygen atoms in total. The summed E-state index contributed by atoms with van der Waals surface area (Å²) in [6, 6.07) is 0. The van der Waals surface area contributed by atoms with Gasteiger partial charge in [0.05, 0.1) is 0 Å². The highest BCUT2D eigenvalue weighted by atomic mass is 14.9. The van der Waals surface area contributed by atoms with Gasteiger partial charge >= 0.3 is 0 Å². The fourth-order valence-corrected chi connectivity index (χ4v) is 2.88. The highest BCUT2D eigenvalue weighted by Crippen LogP contribution is 2.34. The molecule has 1 aliphatic carbocycles. The van der Waals surface area contributed by atoms with E-state index >= 15 is 0 Å². The van der Waals surface area contributed by atoms with Crippen molar-refractivity contribution in [1.29, 1.82) is 0 Å². The monoisotopic (exact) mass is 211 g/mol. The van der Waals surface area contributed by atoms with Crippen LogP contribution in [0.15, 0.2) is 0 Å². The Hall–Kier alpha value is -0.0400. The lowest BCUT2D eigenvalue weighted by Gasteiger charge is -2.19. The Morgan fingerprint density at radius 1 is 1.00 bits per heavy atom. The number of hydrogen-bond donors (Lipinski definition) is 1. The summed E-state index contributed by atoms with van der Waals surface area (Å²) in [5.41, 5.74) is 0. The van der Waals surface area contributed by atoms with E-state index in [2.05, 4.69) is 19.2 Å². The number of nitrogens with one attached hydrogen (secondary N) is 1. The van der Waals surface area contributed by atoms with Gasteiger partial charge in [-0.3, -0.25) is 0 Å². The minimum atomic E-state index is 0.994. The van der Waals surface area contributed by atoms with E-state index in [0.717, 1.165) is 11.8 Å². The van der Waals surface area contributed by atoms with Gasteiger partial charge in [-0.1, -0.05) is 52.4 Å². The fraction of sp³-hybridized carbons (Fsp3) is 1.00. The molecule has 0 aliphatic heterocycles. The molecule has 1 heteroatoms. The van der Waals surface area contributed by atoms with Crippen LogP contribution in [0, 0.1) is 11.8 Å². The SMILES string of the molecule is CCCCCC1CCCC1CNCCC. The lowest BCUT2D eigenvalue weighted by molar-refractivity contribution is 0.338. The van der Waals surface area contributed by atoms with Gasteiger partial charge in [-0.25, -0.2) is 0 Å². The van der Waals surface area contributed by atoms with Crippen molar-refractivity contribution in [2.45, 2.75) is 65.2 Å². The maximum Gasteiger partial charge on any atom is -0.00179 e. The van der Waals surface area contributed by atoms with Crippen molar-refractivity contribution in [1.82, 2.24) is 5.32 Å². The summed E-state index contributed by atoms with van der Waals surface area (Å²) in [5, 5.41) is 3.60. The first-order chi connectivity index (χ1) is 7.38. The van der Waals surface area contributed by atoms with Gasteiger partial charge < -0.3 is 5.32 Å². The lowest BCUT2D eigenvalue weighted by atomic mass is 9.90. The topological polar surface area (TPSA) is 12.0 Å². The van der Waals surface area contributed by atoms with Crippen LogP contribution in [-0.2, 0) is 0 Å². The Morgan fingerprint density at radius 3 is 2.53 bits per heavy atom. The Morgan fingerprint density at radius 2 is 1.80 bits per heavy atom. The summed E-state index contributed by atoms with van der Waals surface area (Å²) in [4.78, 5) is 0. The number of hydrogen-bond acceptors (Lipinski definition) is 1. The molecule has 0 aromatic rings. The van der Waals surface area contributed by atoms with Gasteiger partial charge in [-0.2, -0.15) is 0 Å². The molecule has 0 bridgehead atoms. The zero-order chi connectivity index (χ0) is 10.9. The third kappa shape index (κ3) is 5.01. The van der Waals surface area contributed by atoms with Crippen molar-refractivity contribution in [2.24, 2.45) is 11.8 Å². The zero-order valence-electron chi connectivity index (χ0n) is 10.7. The standard InChI is InChI=1S/C14H29N/c1-3-5-6-8-13-9-7-10-14(13)12-15-11-4-2/h13-15H,3-12H2,1-2H3. The molecule has 0 aromatic carbocycles. The van der Waals surface area contributed by atoms with E-state index in [1.54, 1.807) is 0 Å². The molecule has 1 aliphatic rings. The first-order valence-electron chi connectivity index (χ1n) is 7.09. The third-order valence-electron chi connectivity index (χ3n) is 3.83. The van der Waals surface area contributed by atoms with Crippen molar-refractivity contribution >= 4 is 0 Å². The smallest absolute Gasteiger partial charge is 0.00179 e. The van der Waals surface area contributed by atoms with Crippen LogP contribution in [0.25, 0.3) is 0 Å². The highest BCUT2D eigenvalue weighted by molar-refractivity contribution is 4.79. The molecule has 1 rings (SSSR count). The van der Waals surface area contributed by atoms with Crippen LogP contribution < -0.4 is 5.32 Å². The lowest BCUT2D eigenvalue weighted by Crippen LogP contribution is -2.25. The second kappa shape index (κ2) is 8.15. The molecule has 0 amide bonds. The molecule has 2 unspecified atom stereocenters. The summed E-state index contributed by atoms with van der Waals surface area (Å²) < 4.78 is 0. The maximum atomic E-state index is 3.60. The summed E-state index contributed by atoms with van der Waals surface area (Å²) in [5.74, 6) is 2.04. The van der Waals surface area contributed by atoms with Crippen LogP contribution in [0.2, 0.25) is 0 Å². The Kier molecular flexibility index (Phi) is 7.08. The predicted octanol–water partition coefficient (Wildman–Crippen LogP) is 3.98. The highest BCUT2D eigenvalue weighted by Gasteiger charge is 2.25. The molecule has 2 atom stereocenters. The zero-order valence-corrected chi connectivity index (χ0v) is 10.7. The van der Waals surface area contributed by atoms with E-state index in [4.69, 9.17) is 0 Å². The molecule has 0 saturated heterocycles. The molecule has 90 valence electrons. The summed E-state index contributed by atoms with van der Waals surface area (Å²) in [7, 11) is 0. The van der Waals surface area contributed by atoms with Crippen LogP contribution >= 0.6 is 0 Å². The average molecular weight is 211 g/mol. The molecule has 1 saturated carbocycles. The van der Waals surface area contributed by atoms with Gasteiger partial charge in [0.1, 0.15) is 0 Å². The Balaban J connectivity index is 2.11. The van der Waals surface area contributed by atoms with Gasteiger partial charge in [-0.15, -0.1) is 0 Å². The number of rotatable bonds is 8. The fourth-order valence-electron chi connectivity index (χ4n) is 2.88. The summed E-state index contributed by atoms with van der Waals surface area (Å²) >= 11 is 0. The van der Waals surface area contributed by atoms with Crippen LogP contribution in [0.1, 0.15) is 65.2 Å². The van der Waals surface area contributed by atoms with Gasteiger partial charge in [0.15, 0.2) is 0 Å². The van der Waals surface area contributed by atoms with E-state index in [1.807, 2.05) is 0 Å². The first kappa shape index (κ1) is 13.0. The quantitative estimate of drug-likeness (QED) is 0.599. The van der Waals surface area contributed by atoms with Gasteiger partial charge in [0, 0.05) is 0 Å². The minimum absolute atomic E-state index is 0.994. The second-order valence-electron chi connectivity index (χ2n) is 5.15. The third-order valence-corrected chi connectivity index (χ3v) is 3.83. The van der Waals surface area contributed by atoms with Crippen LogP contribution in [-0.4, -0.2) is 13.1 Å². The van der Waals surface area contributed by atoms with Gasteiger partial charge in [0.25, 0.3) is 0 Å². The molecule has 1 fully saturated rings. The molecule has 1 N–H and O–H groups in total. The van der Waals surface area contributed by atoms with E-state index in [-0.39, 0.29) is 0 Å². The van der Waals surface area contributed by atoms with Crippen molar-refractivity contribution < 1.29 is 0 Å². The van der Waals surface area contributed by atoms with Crippen molar-refractivity contribution in [3.05, 3.63) is 0 Å². The molecule has 0 aromatic heterocycles. The summed E-state index contributed by atoms with van der Waals surface area (Å²) in [6.07, 6.45) is 11.5. The molecular formula is C14H29N. The van der Waals surface area contributed by atoms with E-state index in [9.17, 15) is 0 Å². The molecule has 0 spiro atoms. The van der Waals surface area contributed by atoms with Crippen LogP contribution in [0.5, 0.6) is 0 Å². The number of unbranched alkanes of at least 4 members (excludes halogenated alkanes) is 2. The predicted molar refractivity (Wildman–Crippen MR) is 68.1 cm³/mol. The maximum absolute atomic E-state index is 3.60. The van der Waals surface area contributed by atoms with E-state index < -0.39 is 0 Å². The van der Waals surface area contributed by atoms with Crippen LogP contribution in [0.4, 0.5) is 0 Å². The van der Waals surface area contributed by atoms with Crippen molar-refractivity contribution in [3.63, 3.8) is 0 Å². The molecular weight excluding hydrogens is 182 g/mol. The molecule has 0 radical (unpaired) electrons. The minimum Gasteiger partial charge on any atom is -0.316 e. The second-order valence-corrected chi connectivity index (χ2v) is 5.15. The molecule has 0 heterocycles. The van der Waals surface area contributed by atoms with E-state index in [1.165, 1.54) is 64.5 Å². The van der Waals surface area contributed by atoms with Crippen LogP contribution in [0.3, 0.4) is 0 Å². The summed E-state index contributed by atoms with van der Waals surface area (Å²) in [6.45, 7) is 7.04. The first-order valence-corrected chi connectivity index (χ1v) is 7.09. The van der Waals surface area contributed by atoms with Gasteiger partial charge in [0.2, 0.25) is 0 Å². The van der Waals surface area contributed by atoms with Gasteiger partial charge in [-0.05, 0) is 37.8 Å². The van der Waals surface area contributed by atoms with Crippen molar-refractivity contribution in [2.75, 3.05) is 13.1 Å². The average Bonchev–Trinajstić information content (AvgIpc) is 2.67. The Labute approximate surface area is 96.0 Å².